The van der Waals surface area contributed by atoms with Crippen molar-refractivity contribution in [2.45, 2.75) is 77.6 Å². The van der Waals surface area contributed by atoms with Crippen LogP contribution >= 0.6 is 0 Å². The molecule has 0 atom stereocenters. The SMILES string of the molecule is C1=c2ccc3c(c2CCC1)CC=c1ccc(CCC2CCCCC2)cc1=3.Cc1c(C(=O)O)cccc1C(=O)O. The van der Waals surface area contributed by atoms with E-state index in [0.717, 1.165) is 12.3 Å². The summed E-state index contributed by atoms with van der Waals surface area (Å²) >= 11 is 0. The fourth-order valence-electron chi connectivity index (χ4n) is 6.55. The quantitative estimate of drug-likeness (QED) is 0.411. The smallest absolute Gasteiger partial charge is 0.335 e. The third kappa shape index (κ3) is 6.00. The van der Waals surface area contributed by atoms with E-state index in [-0.39, 0.29) is 16.7 Å². The number of hydrogen-bond donors (Lipinski definition) is 2. The molecule has 0 unspecified atom stereocenters. The number of hydrogen-bond acceptors (Lipinski definition) is 2. The first-order valence-electron chi connectivity index (χ1n) is 14.4. The molecular weight excluding hydrogens is 484 g/mol. The zero-order valence-corrected chi connectivity index (χ0v) is 22.8. The second-order valence-corrected chi connectivity index (χ2v) is 11.2. The molecule has 1 saturated carbocycles. The summed E-state index contributed by atoms with van der Waals surface area (Å²) in [4.78, 5) is 21.2. The van der Waals surface area contributed by atoms with Crippen molar-refractivity contribution in [2.24, 2.45) is 5.92 Å². The van der Waals surface area contributed by atoms with Crippen LogP contribution in [0.5, 0.6) is 0 Å². The largest absolute Gasteiger partial charge is 0.478 e. The van der Waals surface area contributed by atoms with E-state index in [4.69, 9.17) is 10.2 Å². The van der Waals surface area contributed by atoms with Crippen molar-refractivity contribution in [3.05, 3.63) is 103 Å². The lowest BCUT2D eigenvalue weighted by molar-refractivity contribution is 0.0696. The zero-order chi connectivity index (χ0) is 27.4. The molecule has 6 rings (SSSR count). The molecule has 39 heavy (non-hydrogen) atoms. The van der Waals surface area contributed by atoms with Gasteiger partial charge in [-0.3, -0.25) is 0 Å². The van der Waals surface area contributed by atoms with Crippen LogP contribution in [-0.2, 0) is 19.3 Å². The summed E-state index contributed by atoms with van der Waals surface area (Å²) in [5, 5.41) is 23.3. The third-order valence-corrected chi connectivity index (χ3v) is 8.76. The first kappa shape index (κ1) is 26.9. The molecule has 4 heteroatoms. The normalized spacial score (nSPS) is 15.8. The second kappa shape index (κ2) is 12.0. The van der Waals surface area contributed by atoms with Crippen molar-refractivity contribution in [1.29, 1.82) is 0 Å². The lowest BCUT2D eigenvalue weighted by Crippen LogP contribution is -2.19. The van der Waals surface area contributed by atoms with Gasteiger partial charge in [-0.05, 0) is 107 Å². The standard InChI is InChI=1S/C26H30.C9H8O4/c1-2-6-19(7-3-1)10-11-20-12-13-22-15-16-24-23-9-5-4-8-21(23)14-17-25(24)26(22)18-20;1-5-6(8(10)11)3-2-4-7(5)9(12)13/h8,12-15,17-19H,1-7,9-11,16H2;2-4H,1H3,(H,10,11)(H,12,13). The van der Waals surface area contributed by atoms with Crippen LogP contribution in [0, 0.1) is 23.3 Å². The Hall–Kier alpha value is -3.66. The maximum atomic E-state index is 10.6. The Morgan fingerprint density at radius 3 is 2.23 bits per heavy atom. The maximum absolute atomic E-state index is 10.6. The van der Waals surface area contributed by atoms with E-state index in [1.165, 1.54) is 110 Å². The lowest BCUT2D eigenvalue weighted by atomic mass is 9.85. The Morgan fingerprint density at radius 1 is 0.795 bits per heavy atom. The molecule has 3 aliphatic rings. The van der Waals surface area contributed by atoms with Gasteiger partial charge in [-0.1, -0.05) is 80.7 Å². The fourth-order valence-corrected chi connectivity index (χ4v) is 6.55. The van der Waals surface area contributed by atoms with Crippen molar-refractivity contribution in [3.8, 4) is 0 Å². The Kier molecular flexibility index (Phi) is 8.30. The first-order valence-corrected chi connectivity index (χ1v) is 14.4. The summed E-state index contributed by atoms with van der Waals surface area (Å²) in [7, 11) is 0. The van der Waals surface area contributed by atoms with E-state index in [1.807, 2.05) is 0 Å². The van der Waals surface area contributed by atoms with Crippen molar-refractivity contribution < 1.29 is 19.8 Å². The average Bonchev–Trinajstić information content (AvgIpc) is 2.96. The predicted molar refractivity (Wildman–Crippen MR) is 155 cm³/mol. The summed E-state index contributed by atoms with van der Waals surface area (Å²) in [6.07, 6.45) is 19.8. The molecule has 2 N–H and O–H groups in total. The van der Waals surface area contributed by atoms with Gasteiger partial charge in [-0.15, -0.1) is 0 Å². The summed E-state index contributed by atoms with van der Waals surface area (Å²) < 4.78 is 0. The number of carboxylic acid groups (broad SMARTS) is 2. The number of aromatic carboxylic acids is 2. The highest BCUT2D eigenvalue weighted by Gasteiger charge is 2.15. The van der Waals surface area contributed by atoms with Gasteiger partial charge in [-0.2, -0.15) is 0 Å². The van der Waals surface area contributed by atoms with Gasteiger partial charge in [0.25, 0.3) is 0 Å². The number of aryl methyl sites for hydroxylation is 1. The van der Waals surface area contributed by atoms with E-state index in [0.29, 0.717) is 0 Å². The van der Waals surface area contributed by atoms with Crippen LogP contribution in [-0.4, -0.2) is 22.2 Å². The number of carbonyl (C=O) groups is 2. The molecular formula is C35H38O4. The minimum absolute atomic E-state index is 0.0277. The molecule has 0 heterocycles. The van der Waals surface area contributed by atoms with Gasteiger partial charge in [0, 0.05) is 0 Å². The molecule has 0 bridgehead atoms. The molecule has 0 saturated heterocycles. The summed E-state index contributed by atoms with van der Waals surface area (Å²) in [5.41, 5.74) is 5.11. The van der Waals surface area contributed by atoms with E-state index in [9.17, 15) is 9.59 Å². The molecule has 3 aliphatic carbocycles. The van der Waals surface area contributed by atoms with Crippen LogP contribution in [0.1, 0.15) is 94.3 Å². The van der Waals surface area contributed by atoms with Crippen molar-refractivity contribution in [1.82, 2.24) is 0 Å². The summed E-state index contributed by atoms with van der Waals surface area (Å²) in [5.74, 6) is -1.25. The van der Waals surface area contributed by atoms with Crippen molar-refractivity contribution in [2.75, 3.05) is 0 Å². The third-order valence-electron chi connectivity index (χ3n) is 8.76. The van der Waals surface area contributed by atoms with Crippen LogP contribution in [0.15, 0.2) is 48.5 Å². The van der Waals surface area contributed by atoms with Gasteiger partial charge < -0.3 is 10.2 Å². The molecule has 0 radical (unpaired) electrons. The fraction of sp³-hybridized carbons (Fsp3) is 0.371. The monoisotopic (exact) mass is 522 g/mol. The molecule has 3 aromatic rings. The van der Waals surface area contributed by atoms with Crippen molar-refractivity contribution in [3.63, 3.8) is 0 Å². The number of rotatable bonds is 5. The molecule has 0 amide bonds. The molecule has 0 aromatic heterocycles. The molecule has 202 valence electrons. The van der Waals surface area contributed by atoms with E-state index in [2.05, 4.69) is 42.5 Å². The molecule has 3 aromatic carbocycles. The molecule has 0 spiro atoms. The zero-order valence-electron chi connectivity index (χ0n) is 22.8. The van der Waals surface area contributed by atoms with Crippen molar-refractivity contribution >= 4 is 24.1 Å². The van der Waals surface area contributed by atoms with Gasteiger partial charge in [-0.25, -0.2) is 9.59 Å². The number of fused-ring (bicyclic) bond motifs is 4. The highest BCUT2D eigenvalue weighted by molar-refractivity contribution is 5.96. The topological polar surface area (TPSA) is 74.6 Å². The minimum Gasteiger partial charge on any atom is -0.478 e. The Bertz CT molecular complexity index is 1580. The van der Waals surface area contributed by atoms with E-state index >= 15 is 0 Å². The minimum atomic E-state index is -1.11. The Labute approximate surface area is 230 Å². The van der Waals surface area contributed by atoms with Crippen LogP contribution < -0.4 is 10.4 Å². The number of benzene rings is 3. The second-order valence-electron chi connectivity index (χ2n) is 11.2. The molecule has 4 nitrogen and oxygen atoms in total. The van der Waals surface area contributed by atoms with Crippen LogP contribution in [0.25, 0.3) is 12.2 Å². The molecule has 0 aliphatic heterocycles. The summed E-state index contributed by atoms with van der Waals surface area (Å²) in [6, 6.07) is 16.2. The molecule has 1 fully saturated rings. The van der Waals surface area contributed by atoms with E-state index < -0.39 is 11.9 Å². The Morgan fingerprint density at radius 2 is 1.51 bits per heavy atom. The highest BCUT2D eigenvalue weighted by Crippen LogP contribution is 2.27. The first-order chi connectivity index (χ1) is 18.9. The van der Waals surface area contributed by atoms with Crippen LogP contribution in [0.2, 0.25) is 0 Å². The predicted octanol–water partition coefficient (Wildman–Crippen LogP) is 6.33. The van der Waals surface area contributed by atoms with Gasteiger partial charge in [0.15, 0.2) is 0 Å². The lowest BCUT2D eigenvalue weighted by Gasteiger charge is -2.21. The van der Waals surface area contributed by atoms with Crippen LogP contribution in [0.3, 0.4) is 0 Å². The van der Waals surface area contributed by atoms with Crippen LogP contribution in [0.4, 0.5) is 0 Å². The summed E-state index contributed by atoms with van der Waals surface area (Å²) in [6.45, 7) is 1.48. The van der Waals surface area contributed by atoms with E-state index in [1.54, 1.807) is 16.7 Å². The van der Waals surface area contributed by atoms with Gasteiger partial charge in [0.05, 0.1) is 11.1 Å². The van der Waals surface area contributed by atoms with Gasteiger partial charge >= 0.3 is 11.9 Å². The highest BCUT2D eigenvalue weighted by atomic mass is 16.4. The van der Waals surface area contributed by atoms with Gasteiger partial charge in [0.1, 0.15) is 0 Å². The Balaban J connectivity index is 0.000000201. The number of carboxylic acids is 2. The average molecular weight is 523 g/mol. The maximum Gasteiger partial charge on any atom is 0.335 e. The van der Waals surface area contributed by atoms with Gasteiger partial charge in [0.2, 0.25) is 0 Å².